The molecule has 1 fully saturated rings. The van der Waals surface area contributed by atoms with Crippen molar-refractivity contribution >= 4 is 28.8 Å². The molecule has 3 aromatic rings. The van der Waals surface area contributed by atoms with Gasteiger partial charge in [0.1, 0.15) is 0 Å². The van der Waals surface area contributed by atoms with Crippen molar-refractivity contribution in [3.8, 4) is 0 Å². The molecule has 1 amide bonds. The van der Waals surface area contributed by atoms with Gasteiger partial charge in [0.15, 0.2) is 0 Å². The number of nitrogens with zero attached hydrogens (tertiary/aromatic N) is 1. The van der Waals surface area contributed by atoms with Gasteiger partial charge in [-0.3, -0.25) is 10.2 Å². The molecule has 1 saturated carbocycles. The summed E-state index contributed by atoms with van der Waals surface area (Å²) in [6.07, 6.45) is 8.34. The van der Waals surface area contributed by atoms with Gasteiger partial charge in [-0.1, -0.05) is 85.1 Å². The van der Waals surface area contributed by atoms with Gasteiger partial charge in [-0.15, -0.1) is 0 Å². The topological polar surface area (TPSA) is 50.7 Å². The van der Waals surface area contributed by atoms with Gasteiger partial charge >= 0.3 is 6.09 Å². The van der Waals surface area contributed by atoms with E-state index >= 15 is 0 Å². The van der Waals surface area contributed by atoms with Gasteiger partial charge in [-0.2, -0.15) is 0 Å². The summed E-state index contributed by atoms with van der Waals surface area (Å²) < 4.78 is 0. The Labute approximate surface area is 171 Å². The van der Waals surface area contributed by atoms with E-state index in [1.54, 1.807) is 6.21 Å². The molecule has 0 aromatic heterocycles. The van der Waals surface area contributed by atoms with Crippen LogP contribution in [0.25, 0.3) is 10.8 Å². The Morgan fingerprint density at radius 1 is 0.966 bits per heavy atom. The van der Waals surface area contributed by atoms with E-state index in [1.807, 2.05) is 42.5 Å². The van der Waals surface area contributed by atoms with E-state index in [0.717, 1.165) is 16.3 Å². The van der Waals surface area contributed by atoms with Crippen LogP contribution in [0.5, 0.6) is 0 Å². The van der Waals surface area contributed by atoms with Crippen LogP contribution in [-0.2, 0) is 11.3 Å². The van der Waals surface area contributed by atoms with Gasteiger partial charge in [0, 0.05) is 18.0 Å². The summed E-state index contributed by atoms with van der Waals surface area (Å²) in [6, 6.07) is 22.4. The van der Waals surface area contributed by atoms with Crippen LogP contribution < -0.4 is 5.32 Å². The zero-order valence-corrected chi connectivity index (χ0v) is 16.5. The molecule has 1 aliphatic rings. The molecular formula is C25H26N2O2. The summed E-state index contributed by atoms with van der Waals surface area (Å²) in [7, 11) is 0. The van der Waals surface area contributed by atoms with Crippen LogP contribution in [0.4, 0.5) is 10.5 Å². The molecule has 4 heteroatoms. The summed E-state index contributed by atoms with van der Waals surface area (Å²) in [5.41, 5.74) is 3.31. The Morgan fingerprint density at radius 2 is 1.72 bits per heavy atom. The van der Waals surface area contributed by atoms with Crippen LogP contribution >= 0.6 is 0 Å². The maximum absolute atomic E-state index is 12.0. The molecule has 0 heterocycles. The molecule has 0 unspecified atom stereocenters. The Bertz CT molecular complexity index is 984. The van der Waals surface area contributed by atoms with Crippen molar-refractivity contribution in [3.63, 3.8) is 0 Å². The average molecular weight is 386 g/mol. The number of hydrogen-bond acceptors (Lipinski definition) is 3. The Balaban J connectivity index is 1.28. The minimum absolute atomic E-state index is 0.592. The van der Waals surface area contributed by atoms with Crippen molar-refractivity contribution in [1.82, 2.24) is 0 Å². The maximum atomic E-state index is 12.0. The third-order valence-corrected chi connectivity index (χ3v) is 5.62. The number of carbonyl (C=O) groups is 1. The summed E-state index contributed by atoms with van der Waals surface area (Å²) in [5.74, 6) is 0.715. The normalized spacial score (nSPS) is 14.9. The fourth-order valence-corrected chi connectivity index (χ4v) is 4.06. The van der Waals surface area contributed by atoms with E-state index in [1.165, 1.54) is 37.7 Å². The van der Waals surface area contributed by atoms with Crippen LogP contribution in [0.2, 0.25) is 0 Å². The SMILES string of the molecule is O=C(Nc1cccc2ccccc12)ON=CCc1ccc(C2CCCCC2)cc1. The zero-order valence-electron chi connectivity index (χ0n) is 16.5. The first-order valence-electron chi connectivity index (χ1n) is 10.4. The van der Waals surface area contributed by atoms with Crippen molar-refractivity contribution in [2.45, 2.75) is 44.4 Å². The molecule has 1 aliphatic carbocycles. The lowest BCUT2D eigenvalue weighted by atomic mass is 9.84. The van der Waals surface area contributed by atoms with Gasteiger partial charge in [0.25, 0.3) is 0 Å². The average Bonchev–Trinajstić information content (AvgIpc) is 2.78. The second kappa shape index (κ2) is 9.37. The summed E-state index contributed by atoms with van der Waals surface area (Å²) in [5, 5.41) is 8.60. The predicted octanol–water partition coefficient (Wildman–Crippen LogP) is 6.66. The van der Waals surface area contributed by atoms with E-state index in [9.17, 15) is 4.79 Å². The van der Waals surface area contributed by atoms with Crippen molar-refractivity contribution in [3.05, 3.63) is 77.9 Å². The Morgan fingerprint density at radius 3 is 2.55 bits per heavy atom. The highest BCUT2D eigenvalue weighted by Crippen LogP contribution is 2.32. The second-order valence-electron chi connectivity index (χ2n) is 7.60. The van der Waals surface area contributed by atoms with Crippen LogP contribution in [0.3, 0.4) is 0 Å². The lowest BCUT2D eigenvalue weighted by Gasteiger charge is -2.22. The lowest BCUT2D eigenvalue weighted by Crippen LogP contribution is -2.11. The fraction of sp³-hybridized carbons (Fsp3) is 0.280. The van der Waals surface area contributed by atoms with Gasteiger partial charge < -0.3 is 0 Å². The van der Waals surface area contributed by atoms with Crippen LogP contribution in [-0.4, -0.2) is 12.3 Å². The molecule has 4 rings (SSSR count). The molecule has 1 N–H and O–H groups in total. The Kier molecular flexibility index (Phi) is 6.20. The third-order valence-electron chi connectivity index (χ3n) is 5.62. The largest absolute Gasteiger partial charge is 0.437 e. The van der Waals surface area contributed by atoms with Gasteiger partial charge in [-0.05, 0) is 41.3 Å². The van der Waals surface area contributed by atoms with Gasteiger partial charge in [0.05, 0.1) is 5.69 Å². The fourth-order valence-electron chi connectivity index (χ4n) is 4.06. The highest BCUT2D eigenvalue weighted by atomic mass is 16.7. The van der Waals surface area contributed by atoms with E-state index in [2.05, 4.69) is 34.7 Å². The number of amides is 1. The molecule has 0 bridgehead atoms. The number of fused-ring (bicyclic) bond motifs is 1. The van der Waals surface area contributed by atoms with E-state index in [-0.39, 0.29) is 0 Å². The van der Waals surface area contributed by atoms with Gasteiger partial charge in [0.2, 0.25) is 0 Å². The highest BCUT2D eigenvalue weighted by Gasteiger charge is 2.14. The molecule has 0 atom stereocenters. The first-order valence-corrected chi connectivity index (χ1v) is 10.4. The quantitative estimate of drug-likeness (QED) is 0.303. The third kappa shape index (κ3) is 5.02. The number of benzene rings is 3. The molecule has 3 aromatic carbocycles. The zero-order chi connectivity index (χ0) is 19.9. The van der Waals surface area contributed by atoms with Crippen LogP contribution in [0.15, 0.2) is 71.9 Å². The molecule has 29 heavy (non-hydrogen) atoms. The standard InChI is InChI=1S/C25H26N2O2/c28-25(27-24-12-6-10-22-9-4-5-11-23(22)24)29-26-18-17-19-13-15-21(16-14-19)20-7-2-1-3-8-20/h4-6,9-16,18,20H,1-3,7-8,17H2,(H,27,28). The monoisotopic (exact) mass is 386 g/mol. The number of oxime groups is 1. The van der Waals surface area contributed by atoms with Gasteiger partial charge in [-0.25, -0.2) is 4.79 Å². The molecule has 0 radical (unpaired) electrons. The van der Waals surface area contributed by atoms with Crippen molar-refractivity contribution in [2.75, 3.05) is 5.32 Å². The van der Waals surface area contributed by atoms with Crippen LogP contribution in [0, 0.1) is 0 Å². The summed E-state index contributed by atoms with van der Waals surface area (Å²) in [6.45, 7) is 0. The number of carbonyl (C=O) groups excluding carboxylic acids is 1. The molecule has 0 aliphatic heterocycles. The van der Waals surface area contributed by atoms with Crippen molar-refractivity contribution in [1.29, 1.82) is 0 Å². The first-order chi connectivity index (χ1) is 14.3. The van der Waals surface area contributed by atoms with Crippen LogP contribution in [0.1, 0.15) is 49.1 Å². The molecule has 4 nitrogen and oxygen atoms in total. The number of hydrogen-bond donors (Lipinski definition) is 1. The maximum Gasteiger partial charge on any atom is 0.437 e. The summed E-state index contributed by atoms with van der Waals surface area (Å²) >= 11 is 0. The van der Waals surface area contributed by atoms with E-state index in [4.69, 9.17) is 4.84 Å². The first kappa shape index (κ1) is 19.2. The molecule has 0 spiro atoms. The van der Waals surface area contributed by atoms with Crippen molar-refractivity contribution in [2.24, 2.45) is 5.16 Å². The van der Waals surface area contributed by atoms with Crippen molar-refractivity contribution < 1.29 is 9.63 Å². The number of rotatable bonds is 5. The second-order valence-corrected chi connectivity index (χ2v) is 7.60. The minimum atomic E-state index is -0.592. The highest BCUT2D eigenvalue weighted by molar-refractivity contribution is 6.00. The molecule has 148 valence electrons. The smallest absolute Gasteiger partial charge is 0.298 e. The van der Waals surface area contributed by atoms with E-state index in [0.29, 0.717) is 18.0 Å². The number of nitrogens with one attached hydrogen (secondary N) is 1. The Hall–Kier alpha value is -3.14. The molecular weight excluding hydrogens is 360 g/mol. The minimum Gasteiger partial charge on any atom is -0.298 e. The summed E-state index contributed by atoms with van der Waals surface area (Å²) in [4.78, 5) is 17.0. The number of anilines is 1. The lowest BCUT2D eigenvalue weighted by molar-refractivity contribution is 0.167. The molecule has 0 saturated heterocycles. The van der Waals surface area contributed by atoms with E-state index < -0.39 is 6.09 Å². The predicted molar refractivity (Wildman–Crippen MR) is 119 cm³/mol.